The predicted octanol–water partition coefficient (Wildman–Crippen LogP) is 5.78. The minimum atomic E-state index is 0.588. The molecule has 2 nitrogen and oxygen atoms in total. The normalized spacial score (nSPS) is 10.6. The van der Waals surface area contributed by atoms with Gasteiger partial charge in [0.05, 0.1) is 0 Å². The Kier molecular flexibility index (Phi) is 4.83. The molecule has 0 radical (unpaired) electrons. The van der Waals surface area contributed by atoms with E-state index in [-0.39, 0.29) is 0 Å². The van der Waals surface area contributed by atoms with Gasteiger partial charge >= 0.3 is 0 Å². The summed E-state index contributed by atoms with van der Waals surface area (Å²) >= 11 is 0. The second kappa shape index (κ2) is 7.75. The summed E-state index contributed by atoms with van der Waals surface area (Å²) in [7, 11) is 0. The third-order valence-electron chi connectivity index (χ3n) is 4.42. The van der Waals surface area contributed by atoms with E-state index in [2.05, 4.69) is 71.4 Å². The van der Waals surface area contributed by atoms with Gasteiger partial charge in [-0.2, -0.15) is 0 Å². The number of hydrogen-bond acceptors (Lipinski definition) is 1. The molecule has 0 bridgehead atoms. The zero-order chi connectivity index (χ0) is 17.6. The number of hydrogen-bond donors (Lipinski definition) is 0. The second-order valence-corrected chi connectivity index (χ2v) is 6.31. The highest BCUT2D eigenvalue weighted by molar-refractivity contribution is 5.61. The zero-order valence-electron chi connectivity index (χ0n) is 14.6. The van der Waals surface area contributed by atoms with Gasteiger partial charge in [-0.1, -0.05) is 60.7 Å². The molecule has 0 N–H and O–H groups in total. The number of ether oxygens (including phenoxy) is 1. The average molecular weight is 339 g/mol. The first-order chi connectivity index (χ1) is 12.9. The van der Waals surface area contributed by atoms with E-state index in [1.807, 2.05) is 36.4 Å². The Hall–Kier alpha value is -3.26. The highest BCUT2D eigenvalue weighted by Gasteiger charge is 2.05. The Morgan fingerprint density at radius 1 is 0.615 bits per heavy atom. The molecule has 0 unspecified atom stereocenters. The van der Waals surface area contributed by atoms with Crippen molar-refractivity contribution < 1.29 is 4.74 Å². The van der Waals surface area contributed by atoms with Crippen LogP contribution in [-0.2, 0) is 13.2 Å². The lowest BCUT2D eigenvalue weighted by Gasteiger charge is -2.11. The smallest absolute Gasteiger partial charge is 0.119 e. The van der Waals surface area contributed by atoms with Crippen molar-refractivity contribution >= 4 is 0 Å². The van der Waals surface area contributed by atoms with E-state index >= 15 is 0 Å². The molecule has 0 aliphatic heterocycles. The van der Waals surface area contributed by atoms with Gasteiger partial charge in [0.1, 0.15) is 12.4 Å². The Labute approximate surface area is 154 Å². The molecule has 0 saturated carbocycles. The third kappa shape index (κ3) is 3.86. The molecule has 128 valence electrons. The summed E-state index contributed by atoms with van der Waals surface area (Å²) in [4.78, 5) is 0. The van der Waals surface area contributed by atoms with Gasteiger partial charge < -0.3 is 9.30 Å². The molecule has 3 aromatic carbocycles. The van der Waals surface area contributed by atoms with Crippen LogP contribution >= 0.6 is 0 Å². The number of rotatable bonds is 6. The third-order valence-corrected chi connectivity index (χ3v) is 4.42. The Morgan fingerprint density at radius 2 is 1.27 bits per heavy atom. The summed E-state index contributed by atoms with van der Waals surface area (Å²) < 4.78 is 8.16. The lowest BCUT2D eigenvalue weighted by molar-refractivity contribution is 0.306. The summed E-state index contributed by atoms with van der Waals surface area (Å²) in [6.07, 6.45) is 2.13. The molecule has 0 spiro atoms. The molecular weight excluding hydrogens is 318 g/mol. The molecule has 0 amide bonds. The first-order valence-electron chi connectivity index (χ1n) is 8.85. The molecular formula is C24H21NO. The number of aromatic nitrogens is 1. The van der Waals surface area contributed by atoms with Gasteiger partial charge in [-0.05, 0) is 53.1 Å². The fourth-order valence-corrected chi connectivity index (χ4v) is 3.06. The SMILES string of the molecule is c1ccc(COc2ccc(-c3cccn3Cc3ccccc3)cc2)cc1. The molecule has 0 atom stereocenters. The number of benzene rings is 3. The Morgan fingerprint density at radius 3 is 1.96 bits per heavy atom. The van der Waals surface area contributed by atoms with E-state index in [0.717, 1.165) is 12.3 Å². The molecule has 4 rings (SSSR count). The van der Waals surface area contributed by atoms with Crippen molar-refractivity contribution in [2.75, 3.05) is 0 Å². The van der Waals surface area contributed by atoms with Gasteiger partial charge in [-0.15, -0.1) is 0 Å². The Balaban J connectivity index is 1.46. The van der Waals surface area contributed by atoms with E-state index in [4.69, 9.17) is 4.74 Å². The lowest BCUT2D eigenvalue weighted by Crippen LogP contribution is -2.00. The zero-order valence-corrected chi connectivity index (χ0v) is 14.6. The number of nitrogens with zero attached hydrogens (tertiary/aromatic N) is 1. The van der Waals surface area contributed by atoms with Gasteiger partial charge in [0.15, 0.2) is 0 Å². The monoisotopic (exact) mass is 339 g/mol. The van der Waals surface area contributed by atoms with E-state index in [9.17, 15) is 0 Å². The van der Waals surface area contributed by atoms with Crippen LogP contribution in [0.3, 0.4) is 0 Å². The van der Waals surface area contributed by atoms with Crippen LogP contribution in [-0.4, -0.2) is 4.57 Å². The molecule has 0 aliphatic carbocycles. The van der Waals surface area contributed by atoms with Gasteiger partial charge in [0, 0.05) is 18.4 Å². The summed E-state index contributed by atoms with van der Waals surface area (Å²) in [5.74, 6) is 0.888. The molecule has 0 saturated heterocycles. The van der Waals surface area contributed by atoms with Gasteiger partial charge in [-0.3, -0.25) is 0 Å². The standard InChI is InChI=1S/C24H21NO/c1-3-8-20(9-4-1)18-25-17-7-12-24(25)22-13-15-23(16-14-22)26-19-21-10-5-2-6-11-21/h1-17H,18-19H2. The maximum atomic E-state index is 5.88. The van der Waals surface area contributed by atoms with Crippen molar-refractivity contribution in [1.82, 2.24) is 4.57 Å². The highest BCUT2D eigenvalue weighted by atomic mass is 16.5. The first kappa shape index (κ1) is 16.2. The quantitative estimate of drug-likeness (QED) is 0.434. The largest absolute Gasteiger partial charge is 0.489 e. The Bertz CT molecular complexity index is 940. The molecule has 1 aromatic heterocycles. The fourth-order valence-electron chi connectivity index (χ4n) is 3.06. The van der Waals surface area contributed by atoms with Crippen molar-refractivity contribution in [1.29, 1.82) is 0 Å². The molecule has 0 aliphatic rings. The minimum absolute atomic E-state index is 0.588. The van der Waals surface area contributed by atoms with Crippen molar-refractivity contribution in [3.8, 4) is 17.0 Å². The maximum absolute atomic E-state index is 5.88. The summed E-state index contributed by atoms with van der Waals surface area (Å²) in [5, 5.41) is 0. The maximum Gasteiger partial charge on any atom is 0.119 e. The summed E-state index contributed by atoms with van der Waals surface area (Å²) in [6, 6.07) is 33.3. The van der Waals surface area contributed by atoms with Gasteiger partial charge in [-0.25, -0.2) is 0 Å². The molecule has 0 fully saturated rings. The predicted molar refractivity (Wildman–Crippen MR) is 106 cm³/mol. The average Bonchev–Trinajstić information content (AvgIpc) is 3.16. The van der Waals surface area contributed by atoms with E-state index in [1.165, 1.54) is 22.4 Å². The van der Waals surface area contributed by atoms with Crippen LogP contribution < -0.4 is 4.74 Å². The summed E-state index contributed by atoms with van der Waals surface area (Å²) in [5.41, 5.74) is 4.88. The van der Waals surface area contributed by atoms with Gasteiger partial charge in [0.2, 0.25) is 0 Å². The summed E-state index contributed by atoms with van der Waals surface area (Å²) in [6.45, 7) is 1.46. The van der Waals surface area contributed by atoms with E-state index < -0.39 is 0 Å². The second-order valence-electron chi connectivity index (χ2n) is 6.31. The van der Waals surface area contributed by atoms with Crippen LogP contribution in [0.2, 0.25) is 0 Å². The van der Waals surface area contributed by atoms with E-state index in [0.29, 0.717) is 6.61 Å². The van der Waals surface area contributed by atoms with Crippen LogP contribution in [0.15, 0.2) is 103 Å². The fraction of sp³-hybridized carbons (Fsp3) is 0.0833. The van der Waals surface area contributed by atoms with Crippen LogP contribution in [0.1, 0.15) is 11.1 Å². The molecule has 26 heavy (non-hydrogen) atoms. The lowest BCUT2D eigenvalue weighted by atomic mass is 10.1. The minimum Gasteiger partial charge on any atom is -0.489 e. The van der Waals surface area contributed by atoms with Crippen LogP contribution in [0, 0.1) is 0 Å². The molecule has 2 heteroatoms. The van der Waals surface area contributed by atoms with Crippen LogP contribution in [0.4, 0.5) is 0 Å². The van der Waals surface area contributed by atoms with E-state index in [1.54, 1.807) is 0 Å². The van der Waals surface area contributed by atoms with Crippen molar-refractivity contribution in [2.24, 2.45) is 0 Å². The molecule has 1 heterocycles. The van der Waals surface area contributed by atoms with Crippen molar-refractivity contribution in [3.63, 3.8) is 0 Å². The van der Waals surface area contributed by atoms with Crippen molar-refractivity contribution in [3.05, 3.63) is 114 Å². The highest BCUT2D eigenvalue weighted by Crippen LogP contribution is 2.24. The van der Waals surface area contributed by atoms with Crippen LogP contribution in [0.25, 0.3) is 11.3 Å². The van der Waals surface area contributed by atoms with Crippen molar-refractivity contribution in [2.45, 2.75) is 13.2 Å². The molecule has 4 aromatic rings. The first-order valence-corrected chi connectivity index (χ1v) is 8.85. The van der Waals surface area contributed by atoms with Crippen LogP contribution in [0.5, 0.6) is 5.75 Å². The van der Waals surface area contributed by atoms with Gasteiger partial charge in [0.25, 0.3) is 0 Å². The topological polar surface area (TPSA) is 14.2 Å².